The van der Waals surface area contributed by atoms with Crippen LogP contribution in [0.5, 0.6) is 0 Å². The van der Waals surface area contributed by atoms with Crippen molar-refractivity contribution >= 4 is 65.9 Å². The van der Waals surface area contributed by atoms with Gasteiger partial charge < -0.3 is 9.73 Å². The van der Waals surface area contributed by atoms with Gasteiger partial charge in [-0.15, -0.1) is 0 Å². The van der Waals surface area contributed by atoms with E-state index < -0.39 is 5.66 Å². The van der Waals surface area contributed by atoms with Crippen molar-refractivity contribution < 1.29 is 4.42 Å². The van der Waals surface area contributed by atoms with Crippen LogP contribution >= 0.6 is 0 Å². The van der Waals surface area contributed by atoms with Gasteiger partial charge in [0.2, 0.25) is 0 Å². The van der Waals surface area contributed by atoms with Gasteiger partial charge in [-0.25, -0.2) is 9.98 Å². The van der Waals surface area contributed by atoms with Gasteiger partial charge in [-0.05, 0) is 74.6 Å². The lowest BCUT2D eigenvalue weighted by Crippen LogP contribution is -2.40. The molecule has 1 aliphatic heterocycles. The summed E-state index contributed by atoms with van der Waals surface area (Å²) in [5.74, 6) is 1.54. The van der Waals surface area contributed by atoms with Crippen LogP contribution in [0, 0.1) is 0 Å². The number of para-hydroxylation sites is 1. The highest BCUT2D eigenvalue weighted by Gasteiger charge is 2.35. The molecule has 0 spiro atoms. The topological polar surface area (TPSA) is 49.9 Å². The Hall–Kier alpha value is -6.52. The Labute approximate surface area is 289 Å². The van der Waals surface area contributed by atoms with Gasteiger partial charge in [0.25, 0.3) is 0 Å². The minimum Gasteiger partial charge on any atom is -0.456 e. The fraction of sp³-hybridized carbons (Fsp3) is 0.0435. The quantitative estimate of drug-likeness (QED) is 0.194. The summed E-state index contributed by atoms with van der Waals surface area (Å²) in [6, 6.07) is 57.5. The molecule has 50 heavy (non-hydrogen) atoms. The molecule has 4 nitrogen and oxygen atoms in total. The average Bonchev–Trinajstić information content (AvgIpc) is 3.56. The standard InChI is InChI=1S/C46H31N3O/c1-46(40-27-32(29-14-4-2-5-15-29)28-42-43(40)38-22-12-13-23-41(38)50-42)48-44(30-16-6-3-7-17-30)47-45(49-46)31-24-25-37-35-20-9-8-18-33(35)34-19-10-11-21-36(34)39(37)26-31/h2-28H,1H3,(H,47,48,49). The van der Waals surface area contributed by atoms with Crippen molar-refractivity contribution in [1.82, 2.24) is 5.32 Å². The molecule has 2 heterocycles. The monoisotopic (exact) mass is 641 g/mol. The van der Waals surface area contributed by atoms with Crippen molar-refractivity contribution in [2.75, 3.05) is 0 Å². The molecule has 1 atom stereocenters. The molecule has 0 fully saturated rings. The zero-order valence-corrected chi connectivity index (χ0v) is 27.4. The maximum Gasteiger partial charge on any atom is 0.178 e. The molecule has 236 valence electrons. The van der Waals surface area contributed by atoms with Crippen LogP contribution in [-0.2, 0) is 5.66 Å². The molecule has 0 saturated heterocycles. The van der Waals surface area contributed by atoms with E-state index in [2.05, 4.69) is 140 Å². The third-order valence-electron chi connectivity index (χ3n) is 10.1. The predicted molar refractivity (Wildman–Crippen MR) is 208 cm³/mol. The van der Waals surface area contributed by atoms with E-state index in [-0.39, 0.29) is 0 Å². The molecule has 1 aromatic heterocycles. The molecule has 1 unspecified atom stereocenters. The van der Waals surface area contributed by atoms with Crippen molar-refractivity contribution in [2.45, 2.75) is 12.6 Å². The van der Waals surface area contributed by atoms with Crippen molar-refractivity contribution in [2.24, 2.45) is 9.98 Å². The van der Waals surface area contributed by atoms with Gasteiger partial charge in [-0.1, -0.05) is 140 Å². The van der Waals surface area contributed by atoms with Gasteiger partial charge in [-0.2, -0.15) is 0 Å². The number of benzene rings is 8. The molecular weight excluding hydrogens is 611 g/mol. The zero-order chi connectivity index (χ0) is 33.2. The normalized spacial score (nSPS) is 16.2. The van der Waals surface area contributed by atoms with Gasteiger partial charge in [0.1, 0.15) is 22.8 Å². The third-order valence-corrected chi connectivity index (χ3v) is 10.1. The van der Waals surface area contributed by atoms with Crippen LogP contribution in [0.4, 0.5) is 0 Å². The summed E-state index contributed by atoms with van der Waals surface area (Å²) in [5.41, 5.74) is 5.83. The maximum absolute atomic E-state index is 6.53. The molecule has 0 bridgehead atoms. The fourth-order valence-electron chi connectivity index (χ4n) is 7.70. The van der Waals surface area contributed by atoms with Gasteiger partial charge in [0, 0.05) is 27.5 Å². The fourth-order valence-corrected chi connectivity index (χ4v) is 7.70. The number of hydrogen-bond acceptors (Lipinski definition) is 4. The first kappa shape index (κ1) is 28.5. The summed E-state index contributed by atoms with van der Waals surface area (Å²) < 4.78 is 6.53. The smallest absolute Gasteiger partial charge is 0.178 e. The highest BCUT2D eigenvalue weighted by molar-refractivity contribution is 6.27. The first-order valence-electron chi connectivity index (χ1n) is 17.0. The lowest BCUT2D eigenvalue weighted by molar-refractivity contribution is 0.523. The summed E-state index contributed by atoms with van der Waals surface area (Å²) in [6.45, 7) is 2.12. The minimum absolute atomic E-state index is 0.770. The van der Waals surface area contributed by atoms with E-state index in [0.717, 1.165) is 61.4 Å². The summed E-state index contributed by atoms with van der Waals surface area (Å²) in [5, 5.41) is 13.1. The maximum atomic E-state index is 6.53. The Morgan fingerprint density at radius 1 is 0.420 bits per heavy atom. The zero-order valence-electron chi connectivity index (χ0n) is 27.4. The molecule has 0 saturated carbocycles. The van der Waals surface area contributed by atoms with E-state index in [1.165, 1.54) is 32.3 Å². The summed E-state index contributed by atoms with van der Waals surface area (Å²) in [6.07, 6.45) is 0. The van der Waals surface area contributed by atoms with Crippen LogP contribution in [0.15, 0.2) is 178 Å². The van der Waals surface area contributed by atoms with Crippen LogP contribution in [0.3, 0.4) is 0 Å². The summed E-state index contributed by atoms with van der Waals surface area (Å²) in [7, 11) is 0. The molecule has 0 aliphatic carbocycles. The summed E-state index contributed by atoms with van der Waals surface area (Å²) in [4.78, 5) is 11.0. The number of nitrogens with one attached hydrogen (secondary N) is 1. The Morgan fingerprint density at radius 3 is 1.60 bits per heavy atom. The Morgan fingerprint density at radius 2 is 0.940 bits per heavy atom. The van der Waals surface area contributed by atoms with Gasteiger partial charge in [0.15, 0.2) is 5.66 Å². The number of rotatable bonds is 4. The molecule has 1 aliphatic rings. The molecule has 10 rings (SSSR count). The van der Waals surface area contributed by atoms with Crippen molar-refractivity contribution in [1.29, 1.82) is 0 Å². The Kier molecular flexibility index (Phi) is 6.27. The lowest BCUT2D eigenvalue weighted by Gasteiger charge is -2.31. The molecule has 1 N–H and O–H groups in total. The molecule has 8 aromatic carbocycles. The lowest BCUT2D eigenvalue weighted by atomic mass is 9.91. The van der Waals surface area contributed by atoms with E-state index in [0.29, 0.717) is 0 Å². The molecule has 9 aromatic rings. The van der Waals surface area contributed by atoms with Gasteiger partial charge in [-0.3, -0.25) is 0 Å². The van der Waals surface area contributed by atoms with Crippen LogP contribution in [0.2, 0.25) is 0 Å². The van der Waals surface area contributed by atoms with E-state index >= 15 is 0 Å². The largest absolute Gasteiger partial charge is 0.456 e. The van der Waals surface area contributed by atoms with E-state index in [1.54, 1.807) is 0 Å². The Balaban J connectivity index is 1.25. The minimum atomic E-state index is -0.984. The SMILES string of the molecule is CC1(c2cc(-c3ccccc3)cc3oc4ccccc4c23)N=C(c2ccccc2)NC(c2ccc3c4ccccc4c4ccccc4c3c2)=N1. The highest BCUT2D eigenvalue weighted by atomic mass is 16.3. The number of hydrogen-bond donors (Lipinski definition) is 1. The molecule has 0 amide bonds. The van der Waals surface area contributed by atoms with Crippen LogP contribution in [0.1, 0.15) is 23.6 Å². The van der Waals surface area contributed by atoms with Crippen LogP contribution < -0.4 is 5.32 Å². The molecule has 4 heteroatoms. The third kappa shape index (κ3) is 4.46. The van der Waals surface area contributed by atoms with E-state index in [9.17, 15) is 0 Å². The number of fused-ring (bicyclic) bond motifs is 9. The number of amidine groups is 2. The number of nitrogens with zero attached hydrogens (tertiary/aromatic N) is 2. The van der Waals surface area contributed by atoms with Crippen molar-refractivity contribution in [3.05, 3.63) is 180 Å². The second-order valence-corrected chi connectivity index (χ2v) is 13.1. The first-order valence-corrected chi connectivity index (χ1v) is 17.0. The summed E-state index contributed by atoms with van der Waals surface area (Å²) >= 11 is 0. The van der Waals surface area contributed by atoms with Gasteiger partial charge >= 0.3 is 0 Å². The van der Waals surface area contributed by atoms with E-state index in [1.807, 2.05) is 36.4 Å². The number of aliphatic imine (C=N–C) groups is 2. The second-order valence-electron chi connectivity index (χ2n) is 13.1. The van der Waals surface area contributed by atoms with Gasteiger partial charge in [0.05, 0.1) is 0 Å². The molecule has 0 radical (unpaired) electrons. The van der Waals surface area contributed by atoms with E-state index in [4.69, 9.17) is 14.4 Å². The Bertz CT molecular complexity index is 2820. The molecular formula is C46H31N3O. The predicted octanol–water partition coefficient (Wildman–Crippen LogP) is 11.4. The van der Waals surface area contributed by atoms with Crippen molar-refractivity contribution in [3.63, 3.8) is 0 Å². The average molecular weight is 642 g/mol. The first-order chi connectivity index (χ1) is 24.6. The van der Waals surface area contributed by atoms with Crippen LogP contribution in [-0.4, -0.2) is 11.7 Å². The number of furan rings is 1. The van der Waals surface area contributed by atoms with Crippen LogP contribution in [0.25, 0.3) is 65.4 Å². The van der Waals surface area contributed by atoms with Crippen molar-refractivity contribution in [3.8, 4) is 11.1 Å². The highest BCUT2D eigenvalue weighted by Crippen LogP contribution is 2.43. The second kappa shape index (κ2) is 11.0.